The summed E-state index contributed by atoms with van der Waals surface area (Å²) < 4.78 is 0. The van der Waals surface area contributed by atoms with Crippen LogP contribution in [0.2, 0.25) is 5.02 Å². The van der Waals surface area contributed by atoms with E-state index >= 15 is 0 Å². The quantitative estimate of drug-likeness (QED) is 0.798. The Balaban J connectivity index is 2.32. The van der Waals surface area contributed by atoms with Crippen molar-refractivity contribution in [3.8, 4) is 0 Å². The molecule has 0 spiro atoms. The maximum absolute atomic E-state index is 6.31. The molecule has 1 aromatic heterocycles. The number of rotatable bonds is 5. The number of hydrogen-bond acceptors (Lipinski definition) is 2. The lowest BCUT2D eigenvalue weighted by Gasteiger charge is -2.20. The van der Waals surface area contributed by atoms with E-state index in [9.17, 15) is 0 Å². The van der Waals surface area contributed by atoms with Gasteiger partial charge in [-0.15, -0.1) is 11.3 Å². The summed E-state index contributed by atoms with van der Waals surface area (Å²) >= 11 is 8.05. The smallest absolute Gasteiger partial charge is 0.0561 e. The van der Waals surface area contributed by atoms with E-state index < -0.39 is 0 Å². The van der Waals surface area contributed by atoms with Gasteiger partial charge < -0.3 is 5.32 Å². The SMILES string of the molecule is CCNC(Cc1c(C)cc(C)cc1C)c1sccc1Cl. The predicted molar refractivity (Wildman–Crippen MR) is 90.1 cm³/mol. The molecule has 108 valence electrons. The van der Waals surface area contributed by atoms with Crippen molar-refractivity contribution in [3.05, 3.63) is 55.7 Å². The van der Waals surface area contributed by atoms with Crippen molar-refractivity contribution < 1.29 is 0 Å². The lowest BCUT2D eigenvalue weighted by molar-refractivity contribution is 0.556. The van der Waals surface area contributed by atoms with Crippen molar-refractivity contribution in [1.29, 1.82) is 0 Å². The fourth-order valence-electron chi connectivity index (χ4n) is 2.79. The van der Waals surface area contributed by atoms with E-state index in [1.807, 2.05) is 6.07 Å². The summed E-state index contributed by atoms with van der Waals surface area (Å²) in [6, 6.07) is 6.82. The third kappa shape index (κ3) is 3.43. The van der Waals surface area contributed by atoms with Crippen molar-refractivity contribution in [2.45, 2.75) is 40.2 Å². The second-order valence-electron chi connectivity index (χ2n) is 5.32. The molecular formula is C17H22ClNS. The molecule has 0 saturated heterocycles. The first kappa shape index (κ1) is 15.6. The Labute approximate surface area is 131 Å². The van der Waals surface area contributed by atoms with E-state index in [0.29, 0.717) is 6.04 Å². The van der Waals surface area contributed by atoms with Crippen molar-refractivity contribution in [2.75, 3.05) is 6.54 Å². The number of aryl methyl sites for hydroxylation is 3. The maximum Gasteiger partial charge on any atom is 0.0561 e. The number of hydrogen-bond donors (Lipinski definition) is 1. The molecule has 0 aliphatic heterocycles. The van der Waals surface area contributed by atoms with Crippen LogP contribution in [0.4, 0.5) is 0 Å². The zero-order chi connectivity index (χ0) is 14.7. The third-order valence-corrected chi connectivity index (χ3v) is 5.13. The first-order chi connectivity index (χ1) is 9.52. The highest BCUT2D eigenvalue weighted by atomic mass is 35.5. The summed E-state index contributed by atoms with van der Waals surface area (Å²) in [6.45, 7) is 9.65. The molecule has 2 rings (SSSR count). The van der Waals surface area contributed by atoms with Crippen LogP contribution < -0.4 is 5.32 Å². The average molecular weight is 308 g/mol. The maximum atomic E-state index is 6.31. The molecule has 0 aliphatic rings. The minimum atomic E-state index is 0.299. The molecule has 0 aliphatic carbocycles. The minimum absolute atomic E-state index is 0.299. The van der Waals surface area contributed by atoms with Gasteiger partial charge in [-0.25, -0.2) is 0 Å². The summed E-state index contributed by atoms with van der Waals surface area (Å²) in [5.41, 5.74) is 5.51. The van der Waals surface area contributed by atoms with Gasteiger partial charge in [-0.2, -0.15) is 0 Å². The van der Waals surface area contributed by atoms with Gasteiger partial charge in [0.15, 0.2) is 0 Å². The Hall–Kier alpha value is -0.830. The van der Waals surface area contributed by atoms with E-state index in [1.54, 1.807) is 11.3 Å². The van der Waals surface area contributed by atoms with E-state index in [2.05, 4.69) is 50.5 Å². The second kappa shape index (κ2) is 6.75. The van der Waals surface area contributed by atoms with Crippen molar-refractivity contribution >= 4 is 22.9 Å². The molecule has 0 fully saturated rings. The van der Waals surface area contributed by atoms with Gasteiger partial charge in [-0.3, -0.25) is 0 Å². The number of halogens is 1. The highest BCUT2D eigenvalue weighted by Gasteiger charge is 2.18. The first-order valence-electron chi connectivity index (χ1n) is 7.06. The van der Waals surface area contributed by atoms with Crippen LogP contribution in [0.15, 0.2) is 23.6 Å². The zero-order valence-corrected chi connectivity index (χ0v) is 14.2. The van der Waals surface area contributed by atoms with Gasteiger partial charge in [0.25, 0.3) is 0 Å². The van der Waals surface area contributed by atoms with Crippen LogP contribution in [0.3, 0.4) is 0 Å². The lowest BCUT2D eigenvalue weighted by Crippen LogP contribution is -2.23. The molecule has 0 amide bonds. The van der Waals surface area contributed by atoms with Gasteiger partial charge in [0.2, 0.25) is 0 Å². The van der Waals surface area contributed by atoms with Crippen LogP contribution in [0.25, 0.3) is 0 Å². The Morgan fingerprint density at radius 1 is 1.20 bits per heavy atom. The molecule has 1 aromatic carbocycles. The molecule has 1 atom stereocenters. The van der Waals surface area contributed by atoms with Crippen molar-refractivity contribution in [3.63, 3.8) is 0 Å². The van der Waals surface area contributed by atoms with E-state index in [4.69, 9.17) is 11.6 Å². The topological polar surface area (TPSA) is 12.0 Å². The third-order valence-electron chi connectivity index (χ3n) is 3.66. The van der Waals surface area contributed by atoms with Crippen LogP contribution in [-0.2, 0) is 6.42 Å². The Morgan fingerprint density at radius 2 is 1.85 bits per heavy atom. The fraction of sp³-hybridized carbons (Fsp3) is 0.412. The summed E-state index contributed by atoms with van der Waals surface area (Å²) in [4.78, 5) is 1.24. The van der Waals surface area contributed by atoms with Gasteiger partial charge in [0.05, 0.1) is 5.02 Å². The van der Waals surface area contributed by atoms with Crippen LogP contribution >= 0.6 is 22.9 Å². The van der Waals surface area contributed by atoms with Crippen LogP contribution in [0.1, 0.15) is 40.1 Å². The Kier molecular flexibility index (Phi) is 5.25. The van der Waals surface area contributed by atoms with Crippen molar-refractivity contribution in [2.24, 2.45) is 0 Å². The van der Waals surface area contributed by atoms with E-state index in [0.717, 1.165) is 18.0 Å². The Bertz CT molecular complexity index is 565. The normalized spacial score (nSPS) is 12.7. The largest absolute Gasteiger partial charge is 0.309 e. The predicted octanol–water partition coefficient (Wildman–Crippen LogP) is 5.22. The molecule has 3 heteroatoms. The van der Waals surface area contributed by atoms with E-state index in [1.165, 1.54) is 27.1 Å². The molecule has 0 bridgehead atoms. The van der Waals surface area contributed by atoms with Crippen molar-refractivity contribution in [1.82, 2.24) is 5.32 Å². The molecule has 0 saturated carbocycles. The van der Waals surface area contributed by atoms with Crippen LogP contribution in [0, 0.1) is 20.8 Å². The molecule has 1 unspecified atom stereocenters. The minimum Gasteiger partial charge on any atom is -0.309 e. The number of thiophene rings is 1. The first-order valence-corrected chi connectivity index (χ1v) is 8.31. The molecule has 1 nitrogen and oxygen atoms in total. The number of nitrogens with one attached hydrogen (secondary N) is 1. The van der Waals surface area contributed by atoms with Crippen LogP contribution in [-0.4, -0.2) is 6.54 Å². The Morgan fingerprint density at radius 3 is 2.35 bits per heavy atom. The summed E-state index contributed by atoms with van der Waals surface area (Å²) in [5.74, 6) is 0. The van der Waals surface area contributed by atoms with Crippen LogP contribution in [0.5, 0.6) is 0 Å². The van der Waals surface area contributed by atoms with Gasteiger partial charge in [0, 0.05) is 10.9 Å². The molecule has 2 aromatic rings. The highest BCUT2D eigenvalue weighted by Crippen LogP contribution is 2.32. The zero-order valence-electron chi connectivity index (χ0n) is 12.6. The molecule has 0 radical (unpaired) electrons. The fourth-order valence-corrected chi connectivity index (χ4v) is 4.06. The lowest BCUT2D eigenvalue weighted by atomic mass is 9.94. The average Bonchev–Trinajstić information content (AvgIpc) is 2.78. The summed E-state index contributed by atoms with van der Waals surface area (Å²) in [7, 11) is 0. The number of likely N-dealkylation sites (N-methyl/N-ethyl adjacent to an activating group) is 1. The molecule has 20 heavy (non-hydrogen) atoms. The molecule has 1 N–H and O–H groups in total. The van der Waals surface area contributed by atoms with Gasteiger partial charge in [-0.1, -0.05) is 36.2 Å². The van der Waals surface area contributed by atoms with E-state index in [-0.39, 0.29) is 0 Å². The molecular weight excluding hydrogens is 286 g/mol. The van der Waals surface area contributed by atoms with Gasteiger partial charge in [-0.05, 0) is 61.9 Å². The second-order valence-corrected chi connectivity index (χ2v) is 6.68. The highest BCUT2D eigenvalue weighted by molar-refractivity contribution is 7.10. The monoisotopic (exact) mass is 307 g/mol. The van der Waals surface area contributed by atoms with Gasteiger partial charge in [0.1, 0.15) is 0 Å². The van der Waals surface area contributed by atoms with Gasteiger partial charge >= 0.3 is 0 Å². The summed E-state index contributed by atoms with van der Waals surface area (Å²) in [5, 5.41) is 6.51. The molecule has 1 heterocycles. The summed E-state index contributed by atoms with van der Waals surface area (Å²) in [6.07, 6.45) is 0.992. The standard InChI is InChI=1S/C17H22ClNS/c1-5-19-16(17-15(18)6-7-20-17)10-14-12(3)8-11(2)9-13(14)4/h6-9,16,19H,5,10H2,1-4H3. The number of benzene rings is 1.